The smallest absolute Gasteiger partial charge is 0.255 e. The van der Waals surface area contributed by atoms with Crippen molar-refractivity contribution in [2.75, 3.05) is 18.4 Å². The van der Waals surface area contributed by atoms with E-state index in [1.54, 1.807) is 12.1 Å². The van der Waals surface area contributed by atoms with E-state index in [4.69, 9.17) is 16.3 Å². The van der Waals surface area contributed by atoms with Crippen LogP contribution in [0.2, 0.25) is 5.02 Å². The third-order valence-electron chi connectivity index (χ3n) is 3.33. The summed E-state index contributed by atoms with van der Waals surface area (Å²) in [5.74, 6) is -0.644. The van der Waals surface area contributed by atoms with Crippen LogP contribution >= 0.6 is 11.6 Å². The van der Waals surface area contributed by atoms with E-state index >= 15 is 0 Å². The SMILES string of the molecule is COc1ccc(Cl)cc1C(=O)NCCc1ccc(F)c(NS(=O)[O-])c1. The van der Waals surface area contributed by atoms with Crippen molar-refractivity contribution in [2.45, 2.75) is 6.42 Å². The molecule has 6 nitrogen and oxygen atoms in total. The highest BCUT2D eigenvalue weighted by Gasteiger charge is 2.12. The van der Waals surface area contributed by atoms with Gasteiger partial charge in [-0.05, 0) is 42.3 Å². The summed E-state index contributed by atoms with van der Waals surface area (Å²) in [7, 11) is 1.45. The standard InChI is InChI=1S/C16H16ClFN2O4S/c1-24-15-5-3-11(17)9-12(15)16(21)19-7-6-10-2-4-13(18)14(8-10)20-25(22)23/h2-5,8-9,20H,6-7H2,1H3,(H,19,21)(H,22,23)/p-1. The maximum Gasteiger partial charge on any atom is 0.255 e. The maximum atomic E-state index is 13.5. The Morgan fingerprint density at radius 3 is 2.76 bits per heavy atom. The van der Waals surface area contributed by atoms with E-state index in [0.29, 0.717) is 28.3 Å². The Morgan fingerprint density at radius 1 is 1.32 bits per heavy atom. The molecule has 2 aromatic carbocycles. The number of halogens is 2. The van der Waals surface area contributed by atoms with Crippen LogP contribution in [0.15, 0.2) is 36.4 Å². The zero-order chi connectivity index (χ0) is 18.4. The van der Waals surface area contributed by atoms with Gasteiger partial charge in [0.15, 0.2) is 0 Å². The quantitative estimate of drug-likeness (QED) is 0.717. The fourth-order valence-electron chi connectivity index (χ4n) is 2.17. The number of hydrogen-bond acceptors (Lipinski definition) is 4. The van der Waals surface area contributed by atoms with Crippen molar-refractivity contribution in [3.8, 4) is 5.75 Å². The third-order valence-corrected chi connectivity index (χ3v) is 3.95. The van der Waals surface area contributed by atoms with Crippen LogP contribution in [0.25, 0.3) is 0 Å². The van der Waals surface area contributed by atoms with E-state index in [-0.39, 0.29) is 18.1 Å². The van der Waals surface area contributed by atoms with Gasteiger partial charge in [-0.3, -0.25) is 9.00 Å². The molecule has 0 fully saturated rings. The van der Waals surface area contributed by atoms with Gasteiger partial charge in [-0.1, -0.05) is 17.7 Å². The molecule has 0 spiro atoms. The molecule has 0 aromatic heterocycles. The van der Waals surface area contributed by atoms with Crippen LogP contribution in [0.5, 0.6) is 5.75 Å². The fourth-order valence-corrected chi connectivity index (χ4v) is 2.68. The van der Waals surface area contributed by atoms with Gasteiger partial charge in [-0.25, -0.2) is 4.39 Å². The molecule has 0 saturated carbocycles. The van der Waals surface area contributed by atoms with E-state index in [2.05, 4.69) is 5.32 Å². The van der Waals surface area contributed by atoms with Gasteiger partial charge in [-0.2, -0.15) is 0 Å². The average Bonchev–Trinajstić information content (AvgIpc) is 2.57. The van der Waals surface area contributed by atoms with Crippen LogP contribution in [0.3, 0.4) is 0 Å². The number of rotatable bonds is 7. The molecule has 0 heterocycles. The minimum Gasteiger partial charge on any atom is -0.755 e. The zero-order valence-corrected chi connectivity index (χ0v) is 14.7. The van der Waals surface area contributed by atoms with Crippen molar-refractivity contribution < 1.29 is 22.7 Å². The number of ether oxygens (including phenoxy) is 1. The van der Waals surface area contributed by atoms with E-state index in [0.717, 1.165) is 6.07 Å². The molecule has 0 aliphatic heterocycles. The van der Waals surface area contributed by atoms with Crippen molar-refractivity contribution in [3.05, 3.63) is 58.4 Å². The Morgan fingerprint density at radius 2 is 2.08 bits per heavy atom. The molecular formula is C16H15ClFN2O4S-. The molecule has 1 unspecified atom stereocenters. The van der Waals surface area contributed by atoms with Crippen LogP contribution in [-0.2, 0) is 17.7 Å². The van der Waals surface area contributed by atoms with E-state index in [1.165, 1.54) is 25.3 Å². The minimum atomic E-state index is -2.62. The fraction of sp³-hybridized carbons (Fsp3) is 0.188. The van der Waals surface area contributed by atoms with Crippen molar-refractivity contribution in [1.29, 1.82) is 0 Å². The normalized spacial score (nSPS) is 11.7. The Bertz CT molecular complexity index is 804. The van der Waals surface area contributed by atoms with Gasteiger partial charge in [0.1, 0.15) is 11.6 Å². The summed E-state index contributed by atoms with van der Waals surface area (Å²) in [4.78, 5) is 12.2. The number of carbonyl (C=O) groups is 1. The van der Waals surface area contributed by atoms with Gasteiger partial charge < -0.3 is 19.3 Å². The first kappa shape index (κ1) is 19.2. The second-order valence-electron chi connectivity index (χ2n) is 5.00. The van der Waals surface area contributed by atoms with Gasteiger partial charge in [0.25, 0.3) is 5.91 Å². The summed E-state index contributed by atoms with van der Waals surface area (Å²) in [6.07, 6.45) is 0.384. The summed E-state index contributed by atoms with van der Waals surface area (Å²) >= 11 is 3.28. The van der Waals surface area contributed by atoms with Crippen molar-refractivity contribution in [3.63, 3.8) is 0 Å². The molecule has 2 aromatic rings. The Labute approximate surface area is 151 Å². The average molecular weight is 386 g/mol. The van der Waals surface area contributed by atoms with E-state index in [9.17, 15) is 17.9 Å². The number of amides is 1. The van der Waals surface area contributed by atoms with Crippen molar-refractivity contribution >= 4 is 34.5 Å². The van der Waals surface area contributed by atoms with Gasteiger partial charge in [0.05, 0.1) is 18.4 Å². The predicted octanol–water partition coefficient (Wildman–Crippen LogP) is 2.67. The first-order chi connectivity index (χ1) is 11.9. The number of methoxy groups -OCH3 is 1. The van der Waals surface area contributed by atoms with Crippen molar-refractivity contribution in [1.82, 2.24) is 5.32 Å². The summed E-state index contributed by atoms with van der Waals surface area (Å²) in [6.45, 7) is 0.264. The van der Waals surface area contributed by atoms with Gasteiger partial charge >= 0.3 is 0 Å². The highest BCUT2D eigenvalue weighted by atomic mass is 35.5. The van der Waals surface area contributed by atoms with Crippen LogP contribution in [0, 0.1) is 5.82 Å². The molecule has 0 aliphatic carbocycles. The lowest BCUT2D eigenvalue weighted by Crippen LogP contribution is -2.26. The van der Waals surface area contributed by atoms with Crippen LogP contribution in [0.1, 0.15) is 15.9 Å². The highest BCUT2D eigenvalue weighted by Crippen LogP contribution is 2.22. The van der Waals surface area contributed by atoms with Crippen LogP contribution < -0.4 is 14.8 Å². The number of carbonyl (C=O) groups excluding carboxylic acids is 1. The van der Waals surface area contributed by atoms with Gasteiger partial charge in [-0.15, -0.1) is 0 Å². The molecule has 9 heteroatoms. The first-order valence-electron chi connectivity index (χ1n) is 7.17. The lowest BCUT2D eigenvalue weighted by atomic mass is 10.1. The monoisotopic (exact) mass is 385 g/mol. The number of benzene rings is 2. The largest absolute Gasteiger partial charge is 0.755 e. The van der Waals surface area contributed by atoms with Crippen molar-refractivity contribution in [2.24, 2.45) is 0 Å². The van der Waals surface area contributed by atoms with E-state index < -0.39 is 17.1 Å². The second kappa shape index (κ2) is 8.80. The molecule has 0 saturated heterocycles. The lowest BCUT2D eigenvalue weighted by Gasteiger charge is -2.12. The molecule has 1 amide bonds. The number of nitrogens with one attached hydrogen (secondary N) is 2. The molecular weight excluding hydrogens is 371 g/mol. The molecule has 25 heavy (non-hydrogen) atoms. The molecule has 0 radical (unpaired) electrons. The summed E-state index contributed by atoms with van der Waals surface area (Å²) in [5, 5.41) is 3.12. The topological polar surface area (TPSA) is 90.5 Å². The third kappa shape index (κ3) is 5.42. The van der Waals surface area contributed by atoms with Crippen LogP contribution in [-0.4, -0.2) is 28.3 Å². The van der Waals surface area contributed by atoms with Crippen LogP contribution in [0.4, 0.5) is 10.1 Å². The predicted molar refractivity (Wildman–Crippen MR) is 93.0 cm³/mol. The van der Waals surface area contributed by atoms with Gasteiger partial charge in [0.2, 0.25) is 0 Å². The second-order valence-corrected chi connectivity index (χ2v) is 6.11. The summed E-state index contributed by atoms with van der Waals surface area (Å²) in [5.41, 5.74) is 0.819. The Balaban J connectivity index is 2.00. The molecule has 0 bridgehead atoms. The number of anilines is 1. The maximum absolute atomic E-state index is 13.5. The summed E-state index contributed by atoms with van der Waals surface area (Å²) in [6, 6.07) is 8.76. The Kier molecular flexibility index (Phi) is 6.74. The zero-order valence-electron chi connectivity index (χ0n) is 13.2. The highest BCUT2D eigenvalue weighted by molar-refractivity contribution is 7.80. The molecule has 1 atom stereocenters. The summed E-state index contributed by atoms with van der Waals surface area (Å²) < 4.78 is 41.8. The van der Waals surface area contributed by atoms with Gasteiger partial charge in [0, 0.05) is 22.8 Å². The molecule has 2 rings (SSSR count). The minimum absolute atomic E-state index is 0.145. The lowest BCUT2D eigenvalue weighted by molar-refractivity contribution is 0.0951. The number of hydrogen-bond donors (Lipinski definition) is 2. The molecule has 2 N–H and O–H groups in total. The first-order valence-corrected chi connectivity index (χ1v) is 8.62. The Hall–Kier alpha value is -2.16. The molecule has 0 aliphatic rings. The molecule has 134 valence electrons. The van der Waals surface area contributed by atoms with E-state index in [1.807, 2.05) is 4.72 Å².